The summed E-state index contributed by atoms with van der Waals surface area (Å²) in [6.07, 6.45) is 1.54. The number of carbonyl (C=O) groups excluding carboxylic acids is 1. The zero-order chi connectivity index (χ0) is 7.56. The van der Waals surface area contributed by atoms with Crippen LogP contribution in [0.1, 0.15) is 17.4 Å². The van der Waals surface area contributed by atoms with Gasteiger partial charge in [0.15, 0.2) is 10.5 Å². The lowest BCUT2D eigenvalue weighted by molar-refractivity contribution is 0.101. The Labute approximate surface area is 66.6 Å². The number of nitrogens with zero attached hydrogens (tertiary/aromatic N) is 2. The number of aromatic nitrogens is 2. The molecule has 0 aliphatic heterocycles. The van der Waals surface area contributed by atoms with Crippen LogP contribution in [0.4, 0.5) is 0 Å². The molecule has 0 saturated heterocycles. The highest BCUT2D eigenvalue weighted by Gasteiger charge is 1.99. The van der Waals surface area contributed by atoms with E-state index in [2.05, 4.69) is 25.9 Å². The first-order valence-electron chi connectivity index (χ1n) is 2.69. The summed E-state index contributed by atoms with van der Waals surface area (Å²) >= 11 is 3.06. The highest BCUT2D eigenvalue weighted by atomic mass is 79.9. The number of carbonyl (C=O) groups is 1. The molecule has 0 aliphatic rings. The summed E-state index contributed by atoms with van der Waals surface area (Å²) in [6, 6.07) is 1.58. The summed E-state index contributed by atoms with van der Waals surface area (Å²) in [5.74, 6) is -0.0527. The monoisotopic (exact) mass is 200 g/mol. The van der Waals surface area contributed by atoms with Gasteiger partial charge in [0, 0.05) is 13.1 Å². The lowest BCUT2D eigenvalue weighted by Crippen LogP contribution is -1.96. The Morgan fingerprint density at radius 3 is 2.80 bits per heavy atom. The lowest BCUT2D eigenvalue weighted by atomic mass is 10.3. The van der Waals surface area contributed by atoms with Crippen molar-refractivity contribution in [2.45, 2.75) is 6.92 Å². The molecule has 0 saturated carbocycles. The number of Topliss-reactive ketones (excluding diaryl/α,β-unsaturated/α-hetero) is 1. The van der Waals surface area contributed by atoms with E-state index in [-0.39, 0.29) is 5.78 Å². The average Bonchev–Trinajstić information content (AvgIpc) is 1.88. The van der Waals surface area contributed by atoms with Crippen LogP contribution in [0.25, 0.3) is 0 Å². The number of halogens is 1. The summed E-state index contributed by atoms with van der Waals surface area (Å²) < 4.78 is 0.445. The first kappa shape index (κ1) is 7.34. The highest BCUT2D eigenvalue weighted by Crippen LogP contribution is 2.01. The van der Waals surface area contributed by atoms with Crippen LogP contribution in [-0.4, -0.2) is 15.8 Å². The fourth-order valence-electron chi connectivity index (χ4n) is 0.531. The molecule has 1 aromatic heterocycles. The standard InChI is InChI=1S/C6H5BrN2O/c1-4(10)5-2-3-8-6(7)9-5/h2-3H,1H3. The molecule has 0 bridgehead atoms. The molecular formula is C6H5BrN2O. The number of ketones is 1. The van der Waals surface area contributed by atoms with Gasteiger partial charge >= 0.3 is 0 Å². The Bertz CT molecular complexity index is 262. The molecule has 3 nitrogen and oxygen atoms in total. The van der Waals surface area contributed by atoms with Crippen LogP contribution in [0.2, 0.25) is 0 Å². The number of hydrogen-bond acceptors (Lipinski definition) is 3. The minimum absolute atomic E-state index is 0.0527. The van der Waals surface area contributed by atoms with Crippen molar-refractivity contribution in [2.75, 3.05) is 0 Å². The van der Waals surface area contributed by atoms with Gasteiger partial charge in [-0.25, -0.2) is 9.97 Å². The molecule has 0 fully saturated rings. The zero-order valence-electron chi connectivity index (χ0n) is 5.34. The summed E-state index contributed by atoms with van der Waals surface area (Å²) in [7, 11) is 0. The SMILES string of the molecule is CC(=O)c1ccnc(Br)n1. The van der Waals surface area contributed by atoms with Crippen LogP contribution in [0.3, 0.4) is 0 Å². The minimum atomic E-state index is -0.0527. The van der Waals surface area contributed by atoms with Crippen LogP contribution in [-0.2, 0) is 0 Å². The van der Waals surface area contributed by atoms with Gasteiger partial charge in [-0.1, -0.05) is 0 Å². The fourth-order valence-corrected chi connectivity index (χ4v) is 0.840. The summed E-state index contributed by atoms with van der Waals surface area (Å²) in [6.45, 7) is 1.47. The van der Waals surface area contributed by atoms with E-state index in [0.29, 0.717) is 10.4 Å². The Kier molecular flexibility index (Phi) is 2.11. The Morgan fingerprint density at radius 2 is 2.40 bits per heavy atom. The minimum Gasteiger partial charge on any atom is -0.293 e. The van der Waals surface area contributed by atoms with Crippen molar-refractivity contribution >= 4 is 21.7 Å². The molecule has 0 spiro atoms. The molecule has 52 valence electrons. The fraction of sp³-hybridized carbons (Fsp3) is 0.167. The Hall–Kier alpha value is -0.770. The molecular weight excluding hydrogens is 196 g/mol. The van der Waals surface area contributed by atoms with Crippen LogP contribution >= 0.6 is 15.9 Å². The second kappa shape index (κ2) is 2.88. The van der Waals surface area contributed by atoms with Gasteiger partial charge < -0.3 is 0 Å². The zero-order valence-corrected chi connectivity index (χ0v) is 6.92. The number of hydrogen-bond donors (Lipinski definition) is 0. The largest absolute Gasteiger partial charge is 0.293 e. The van der Waals surface area contributed by atoms with Crippen molar-refractivity contribution in [2.24, 2.45) is 0 Å². The van der Waals surface area contributed by atoms with Gasteiger partial charge in [0.2, 0.25) is 0 Å². The van der Waals surface area contributed by atoms with Crippen molar-refractivity contribution in [1.29, 1.82) is 0 Å². The van der Waals surface area contributed by atoms with Gasteiger partial charge in [-0.05, 0) is 22.0 Å². The van der Waals surface area contributed by atoms with E-state index in [9.17, 15) is 4.79 Å². The molecule has 0 aromatic carbocycles. The first-order chi connectivity index (χ1) is 4.70. The first-order valence-corrected chi connectivity index (χ1v) is 3.49. The second-order valence-corrected chi connectivity index (χ2v) is 2.48. The third-order valence-electron chi connectivity index (χ3n) is 0.987. The lowest BCUT2D eigenvalue weighted by Gasteiger charge is -1.91. The molecule has 1 heterocycles. The van der Waals surface area contributed by atoms with Crippen LogP contribution in [0, 0.1) is 0 Å². The number of rotatable bonds is 1. The van der Waals surface area contributed by atoms with E-state index < -0.39 is 0 Å². The van der Waals surface area contributed by atoms with Crippen LogP contribution < -0.4 is 0 Å². The van der Waals surface area contributed by atoms with Crippen molar-refractivity contribution in [1.82, 2.24) is 9.97 Å². The molecule has 10 heavy (non-hydrogen) atoms. The van der Waals surface area contributed by atoms with E-state index in [4.69, 9.17) is 0 Å². The highest BCUT2D eigenvalue weighted by molar-refractivity contribution is 9.10. The van der Waals surface area contributed by atoms with Gasteiger partial charge in [0.05, 0.1) is 0 Å². The molecule has 1 rings (SSSR count). The van der Waals surface area contributed by atoms with E-state index in [1.807, 2.05) is 0 Å². The normalized spacial score (nSPS) is 9.40. The summed E-state index contributed by atoms with van der Waals surface area (Å²) in [4.78, 5) is 18.3. The molecule has 0 unspecified atom stereocenters. The van der Waals surface area contributed by atoms with E-state index >= 15 is 0 Å². The maximum atomic E-state index is 10.7. The quantitative estimate of drug-likeness (QED) is 0.510. The maximum absolute atomic E-state index is 10.7. The van der Waals surface area contributed by atoms with Crippen LogP contribution in [0.5, 0.6) is 0 Å². The molecule has 0 atom stereocenters. The van der Waals surface area contributed by atoms with Crippen molar-refractivity contribution in [3.05, 3.63) is 22.7 Å². The second-order valence-electron chi connectivity index (χ2n) is 1.77. The predicted octanol–water partition coefficient (Wildman–Crippen LogP) is 1.44. The van der Waals surface area contributed by atoms with Crippen molar-refractivity contribution in [3.63, 3.8) is 0 Å². The predicted molar refractivity (Wildman–Crippen MR) is 39.7 cm³/mol. The van der Waals surface area contributed by atoms with Gasteiger partial charge in [0.25, 0.3) is 0 Å². The molecule has 0 radical (unpaired) electrons. The van der Waals surface area contributed by atoms with E-state index in [1.165, 1.54) is 13.1 Å². The molecule has 0 N–H and O–H groups in total. The third kappa shape index (κ3) is 1.60. The van der Waals surface area contributed by atoms with Gasteiger partial charge in [-0.3, -0.25) is 4.79 Å². The summed E-state index contributed by atoms with van der Waals surface area (Å²) in [5, 5.41) is 0. The Morgan fingerprint density at radius 1 is 1.70 bits per heavy atom. The smallest absolute Gasteiger partial charge is 0.197 e. The van der Waals surface area contributed by atoms with Crippen LogP contribution in [0.15, 0.2) is 17.0 Å². The average molecular weight is 201 g/mol. The third-order valence-corrected chi connectivity index (χ3v) is 1.37. The van der Waals surface area contributed by atoms with E-state index in [0.717, 1.165) is 0 Å². The van der Waals surface area contributed by atoms with Gasteiger partial charge in [-0.15, -0.1) is 0 Å². The topological polar surface area (TPSA) is 42.9 Å². The molecule has 4 heteroatoms. The van der Waals surface area contributed by atoms with Gasteiger partial charge in [0.1, 0.15) is 5.69 Å². The van der Waals surface area contributed by atoms with Crippen molar-refractivity contribution in [3.8, 4) is 0 Å². The maximum Gasteiger partial charge on any atom is 0.197 e. The summed E-state index contributed by atoms with van der Waals surface area (Å²) in [5.41, 5.74) is 0.432. The molecule has 1 aromatic rings. The molecule has 0 aliphatic carbocycles. The Balaban J connectivity index is 3.07. The van der Waals surface area contributed by atoms with E-state index in [1.54, 1.807) is 6.07 Å². The van der Waals surface area contributed by atoms with Gasteiger partial charge in [-0.2, -0.15) is 0 Å². The molecule has 0 amide bonds. The van der Waals surface area contributed by atoms with Crippen molar-refractivity contribution < 1.29 is 4.79 Å².